The van der Waals surface area contributed by atoms with Crippen LogP contribution in [0.5, 0.6) is 0 Å². The minimum absolute atomic E-state index is 0.333. The lowest BCUT2D eigenvalue weighted by molar-refractivity contribution is -0.0511. The van der Waals surface area contributed by atoms with Gasteiger partial charge in [0.2, 0.25) is 0 Å². The van der Waals surface area contributed by atoms with Crippen molar-refractivity contribution < 1.29 is 20.1 Å². The van der Waals surface area contributed by atoms with Gasteiger partial charge in [0.1, 0.15) is 29.5 Å². The molecule has 0 spiro atoms. The summed E-state index contributed by atoms with van der Waals surface area (Å²) in [5, 5.41) is 28.8. The third kappa shape index (κ3) is 1.86. The van der Waals surface area contributed by atoms with Gasteiger partial charge in [-0.05, 0) is 0 Å². The second-order valence-electron chi connectivity index (χ2n) is 4.29. The zero-order valence-corrected chi connectivity index (χ0v) is 10.5. The Morgan fingerprint density at radius 2 is 2.16 bits per heavy atom. The molecule has 4 N–H and O–H groups in total. The fraction of sp³-hybridized carbons (Fsp3) is 0.500. The van der Waals surface area contributed by atoms with Gasteiger partial charge in [-0.25, -0.2) is 9.97 Å². The van der Waals surface area contributed by atoms with E-state index in [-0.39, 0.29) is 6.61 Å². The van der Waals surface area contributed by atoms with Crippen LogP contribution in [-0.4, -0.2) is 59.8 Å². The number of rotatable bonds is 2. The highest BCUT2D eigenvalue weighted by Crippen LogP contribution is 2.30. The van der Waals surface area contributed by atoms with Gasteiger partial charge in [-0.15, -0.1) is 0 Å². The standard InChI is InChI=1S/C10H12N4O4S/c15-1-4-6(16)7(17)10(18-4)14-3-13-5-8(14)11-2-12-9(5)19/h2-4,6-7,10,15-17H,1H2,(H,11,12,19)/t4-,6+,7+,10+/m1/s1. The number of nitrogens with zero attached hydrogens (tertiary/aromatic N) is 3. The van der Waals surface area contributed by atoms with Crippen LogP contribution in [0.15, 0.2) is 12.7 Å². The van der Waals surface area contributed by atoms with Crippen LogP contribution < -0.4 is 0 Å². The lowest BCUT2D eigenvalue weighted by atomic mass is 10.1. The van der Waals surface area contributed by atoms with E-state index in [1.165, 1.54) is 17.2 Å². The van der Waals surface area contributed by atoms with Crippen LogP contribution in [-0.2, 0) is 4.74 Å². The average molecular weight is 284 g/mol. The zero-order chi connectivity index (χ0) is 13.6. The predicted molar refractivity (Wildman–Crippen MR) is 65.7 cm³/mol. The molecule has 0 radical (unpaired) electrons. The van der Waals surface area contributed by atoms with Crippen LogP contribution in [0.2, 0.25) is 0 Å². The van der Waals surface area contributed by atoms with E-state index in [4.69, 9.17) is 22.1 Å². The number of hydrogen-bond acceptors (Lipinski definition) is 7. The van der Waals surface area contributed by atoms with Crippen molar-refractivity contribution in [3.05, 3.63) is 17.3 Å². The number of H-pyrrole nitrogens is 1. The molecule has 2 aromatic heterocycles. The fourth-order valence-corrected chi connectivity index (χ4v) is 2.38. The largest absolute Gasteiger partial charge is 0.394 e. The summed E-state index contributed by atoms with van der Waals surface area (Å²) in [6.45, 7) is -0.376. The van der Waals surface area contributed by atoms with E-state index >= 15 is 0 Å². The first-order valence-electron chi connectivity index (χ1n) is 5.66. The molecule has 0 aromatic carbocycles. The highest BCUT2D eigenvalue weighted by atomic mass is 32.1. The van der Waals surface area contributed by atoms with Gasteiger partial charge in [-0.3, -0.25) is 4.57 Å². The van der Waals surface area contributed by atoms with E-state index in [1.807, 2.05) is 0 Å². The fourth-order valence-electron chi connectivity index (χ4n) is 2.18. The number of ether oxygens (including phenoxy) is 1. The van der Waals surface area contributed by atoms with Gasteiger partial charge in [0.15, 0.2) is 10.9 Å². The van der Waals surface area contributed by atoms with E-state index in [9.17, 15) is 10.2 Å². The number of aromatic nitrogens is 4. The molecule has 3 rings (SSSR count). The summed E-state index contributed by atoms with van der Waals surface area (Å²) < 4.78 is 7.28. The quantitative estimate of drug-likeness (QED) is 0.528. The molecule has 0 amide bonds. The van der Waals surface area contributed by atoms with E-state index in [0.717, 1.165) is 0 Å². The van der Waals surface area contributed by atoms with Crippen molar-refractivity contribution in [1.82, 2.24) is 19.5 Å². The van der Waals surface area contributed by atoms with Crippen molar-refractivity contribution in [2.45, 2.75) is 24.5 Å². The molecule has 0 unspecified atom stereocenters. The van der Waals surface area contributed by atoms with Crippen molar-refractivity contribution in [3.63, 3.8) is 0 Å². The van der Waals surface area contributed by atoms with Gasteiger partial charge < -0.3 is 25.0 Å². The predicted octanol–water partition coefficient (Wildman–Crippen LogP) is -0.900. The van der Waals surface area contributed by atoms with E-state index in [0.29, 0.717) is 15.8 Å². The smallest absolute Gasteiger partial charge is 0.165 e. The maximum Gasteiger partial charge on any atom is 0.165 e. The van der Waals surface area contributed by atoms with Crippen LogP contribution in [0.25, 0.3) is 11.2 Å². The third-order valence-corrected chi connectivity index (χ3v) is 3.47. The Balaban J connectivity index is 2.06. The molecule has 102 valence electrons. The Morgan fingerprint density at radius 1 is 1.37 bits per heavy atom. The molecule has 2 aromatic rings. The SMILES string of the molecule is OC[C@H]1O[C@H](n2cnc3c(=S)nc[nH]c32)[C@@H](O)[C@H]1O. The number of hydrogen-bond donors (Lipinski definition) is 4. The molecular formula is C10H12N4O4S. The van der Waals surface area contributed by atoms with Gasteiger partial charge in [0, 0.05) is 0 Å². The highest BCUT2D eigenvalue weighted by molar-refractivity contribution is 7.71. The molecule has 1 fully saturated rings. The summed E-state index contributed by atoms with van der Waals surface area (Å²) >= 11 is 5.04. The number of fused-ring (bicyclic) bond motifs is 1. The second kappa shape index (κ2) is 4.62. The van der Waals surface area contributed by atoms with Gasteiger partial charge in [0.05, 0.1) is 19.3 Å². The average Bonchev–Trinajstić information content (AvgIpc) is 2.94. The number of aromatic amines is 1. The minimum Gasteiger partial charge on any atom is -0.394 e. The van der Waals surface area contributed by atoms with Crippen LogP contribution >= 0.6 is 12.2 Å². The summed E-state index contributed by atoms with van der Waals surface area (Å²) in [6.07, 6.45) is -1.13. The molecule has 1 aliphatic rings. The first-order chi connectivity index (χ1) is 9.13. The lowest BCUT2D eigenvalue weighted by Crippen LogP contribution is -2.33. The van der Waals surface area contributed by atoms with Crippen LogP contribution in [0, 0.1) is 4.64 Å². The van der Waals surface area contributed by atoms with Crippen molar-refractivity contribution >= 4 is 23.4 Å². The van der Waals surface area contributed by atoms with Gasteiger partial charge in [-0.2, -0.15) is 0 Å². The van der Waals surface area contributed by atoms with Crippen molar-refractivity contribution in [3.8, 4) is 0 Å². The number of aliphatic hydroxyl groups is 3. The van der Waals surface area contributed by atoms with Crippen molar-refractivity contribution in [2.24, 2.45) is 0 Å². The van der Waals surface area contributed by atoms with Crippen LogP contribution in [0.1, 0.15) is 6.23 Å². The molecule has 0 saturated carbocycles. The minimum atomic E-state index is -1.16. The summed E-state index contributed by atoms with van der Waals surface area (Å²) in [5.74, 6) is 0. The Morgan fingerprint density at radius 3 is 2.84 bits per heavy atom. The molecular weight excluding hydrogens is 272 g/mol. The molecule has 0 bridgehead atoms. The molecule has 1 saturated heterocycles. The van der Waals surface area contributed by atoms with Crippen LogP contribution in [0.4, 0.5) is 0 Å². The number of imidazole rings is 1. The monoisotopic (exact) mass is 284 g/mol. The van der Waals surface area contributed by atoms with Crippen molar-refractivity contribution in [1.29, 1.82) is 0 Å². The van der Waals surface area contributed by atoms with E-state index < -0.39 is 24.5 Å². The first kappa shape index (κ1) is 12.6. The Labute approximate surface area is 112 Å². The van der Waals surface area contributed by atoms with E-state index in [2.05, 4.69) is 15.0 Å². The molecule has 9 heteroatoms. The zero-order valence-electron chi connectivity index (χ0n) is 9.67. The Hall–Kier alpha value is -1.39. The molecule has 4 atom stereocenters. The van der Waals surface area contributed by atoms with Gasteiger partial charge in [-0.1, -0.05) is 12.2 Å². The maximum atomic E-state index is 9.97. The lowest BCUT2D eigenvalue weighted by Gasteiger charge is -2.16. The summed E-state index contributed by atoms with van der Waals surface area (Å²) in [7, 11) is 0. The normalized spacial score (nSPS) is 31.1. The number of nitrogens with one attached hydrogen (secondary N) is 1. The van der Waals surface area contributed by atoms with Gasteiger partial charge in [0.25, 0.3) is 0 Å². The molecule has 1 aliphatic heterocycles. The number of aliphatic hydroxyl groups excluding tert-OH is 3. The third-order valence-electron chi connectivity index (χ3n) is 3.17. The molecule has 3 heterocycles. The maximum absolute atomic E-state index is 9.97. The molecule has 19 heavy (non-hydrogen) atoms. The Kier molecular flexibility index (Phi) is 3.07. The second-order valence-corrected chi connectivity index (χ2v) is 4.67. The Bertz CT molecular complexity index is 656. The topological polar surface area (TPSA) is 116 Å². The molecule has 8 nitrogen and oxygen atoms in total. The summed E-state index contributed by atoms with van der Waals surface area (Å²) in [6, 6.07) is 0. The highest BCUT2D eigenvalue weighted by Gasteiger charge is 2.43. The summed E-state index contributed by atoms with van der Waals surface area (Å²) in [4.78, 5) is 10.9. The molecule has 0 aliphatic carbocycles. The van der Waals surface area contributed by atoms with E-state index in [1.54, 1.807) is 0 Å². The van der Waals surface area contributed by atoms with Gasteiger partial charge >= 0.3 is 0 Å². The van der Waals surface area contributed by atoms with Crippen LogP contribution in [0.3, 0.4) is 0 Å². The van der Waals surface area contributed by atoms with Crippen molar-refractivity contribution in [2.75, 3.05) is 6.61 Å². The summed E-state index contributed by atoms with van der Waals surface area (Å²) in [5.41, 5.74) is 1.02. The first-order valence-corrected chi connectivity index (χ1v) is 6.07.